The molecule has 2 aliphatic heterocycles. The molecule has 22 heteroatoms. The molecule has 8 rings (SSSR count). The smallest absolute Gasteiger partial charge is 0.325 e. The Labute approximate surface area is 427 Å². The fourth-order valence-electron chi connectivity index (χ4n) is 8.88. The van der Waals surface area contributed by atoms with Crippen molar-refractivity contribution in [2.45, 2.75) is 58.2 Å². The van der Waals surface area contributed by atoms with E-state index in [0.717, 1.165) is 29.2 Å². The van der Waals surface area contributed by atoms with E-state index in [1.54, 1.807) is 44.5 Å². The van der Waals surface area contributed by atoms with Crippen LogP contribution in [-0.4, -0.2) is 129 Å². The molecule has 6 aromatic rings. The standard InChI is InChI=1S/C27H33N3O8S.C24H28N2O6S2/c1-15-6-8-17(9-7-15)25-24(26(31)29-3)20-10-19-16(2)37-18(13-36-27(32)21(28)14-35-4)12-30(39(5,33)34)22(19)11-23(20)38-25;1-14-6-8-16(9-7-14)23-22(24(27)25-3)19-10-18-15(2)31-17(13-33(4)28)12-26(34(5,29)30)20(18)11-21(19)32-23/h6-11,16,18,21H,12-14,28H2,1-5H3,(H,29,31);6-11,15,17H,12-13H2,1-5H3,(H,25,27)/t16-,18-,21-;15-,17-,33?/m00/s1. The number of hydrogen-bond donors (Lipinski definition) is 3. The lowest BCUT2D eigenvalue weighted by atomic mass is 10.00. The molecule has 4 aromatic carbocycles. The lowest BCUT2D eigenvalue weighted by molar-refractivity contribution is -0.151. The van der Waals surface area contributed by atoms with Crippen LogP contribution in [0.2, 0.25) is 0 Å². The van der Waals surface area contributed by atoms with E-state index in [9.17, 15) is 35.4 Å². The Bertz CT molecular complexity index is 3300. The van der Waals surface area contributed by atoms with Crippen LogP contribution < -0.4 is 25.0 Å². The average Bonchev–Trinajstić information content (AvgIpc) is 3.81. The number of nitrogens with one attached hydrogen (secondary N) is 2. The minimum atomic E-state index is -3.79. The lowest BCUT2D eigenvalue weighted by Crippen LogP contribution is -2.41. The third-order valence-corrected chi connectivity index (χ3v) is 15.6. The highest BCUT2D eigenvalue weighted by Crippen LogP contribution is 2.44. The fourth-order valence-corrected chi connectivity index (χ4v) is 11.5. The van der Waals surface area contributed by atoms with Gasteiger partial charge in [0.1, 0.15) is 41.4 Å². The average molecular weight is 1060 g/mol. The van der Waals surface area contributed by atoms with Crippen LogP contribution in [0.1, 0.15) is 69.0 Å². The van der Waals surface area contributed by atoms with Gasteiger partial charge in [-0.15, -0.1) is 0 Å². The lowest BCUT2D eigenvalue weighted by Gasteiger charge is -2.25. The number of carbonyl (C=O) groups excluding carboxylic acids is 3. The van der Waals surface area contributed by atoms with Gasteiger partial charge in [-0.2, -0.15) is 0 Å². The summed E-state index contributed by atoms with van der Waals surface area (Å²) in [7, 11) is -4.12. The van der Waals surface area contributed by atoms with Gasteiger partial charge in [0.15, 0.2) is 0 Å². The van der Waals surface area contributed by atoms with Gasteiger partial charge in [0, 0.05) is 83.4 Å². The molecule has 2 amide bonds. The molecule has 2 aromatic heterocycles. The molecule has 6 atom stereocenters. The van der Waals surface area contributed by atoms with E-state index in [0.29, 0.717) is 72.7 Å². The second-order valence-electron chi connectivity index (χ2n) is 18.1. The molecule has 19 nitrogen and oxygen atoms in total. The molecule has 392 valence electrons. The Morgan fingerprint density at radius 1 is 0.726 bits per heavy atom. The number of amides is 2. The number of benzene rings is 4. The van der Waals surface area contributed by atoms with Crippen LogP contribution in [0.25, 0.3) is 44.6 Å². The Morgan fingerprint density at radius 3 is 1.52 bits per heavy atom. The largest absolute Gasteiger partial charge is 0.462 e. The number of hydrogen-bond acceptors (Lipinski definition) is 15. The number of nitrogens with two attached hydrogens (primary N) is 1. The van der Waals surface area contributed by atoms with Gasteiger partial charge in [0.05, 0.1) is 78.8 Å². The topological polar surface area (TPSA) is 256 Å². The summed E-state index contributed by atoms with van der Waals surface area (Å²) in [5.41, 5.74) is 12.7. The number of carbonyl (C=O) groups is 3. The van der Waals surface area contributed by atoms with Gasteiger partial charge in [0.2, 0.25) is 20.0 Å². The summed E-state index contributed by atoms with van der Waals surface area (Å²) in [6.45, 7) is 7.23. The predicted octanol–water partition coefficient (Wildman–Crippen LogP) is 5.88. The third-order valence-electron chi connectivity index (χ3n) is 12.4. The maximum Gasteiger partial charge on any atom is 0.325 e. The van der Waals surface area contributed by atoms with Crippen LogP contribution in [0.5, 0.6) is 0 Å². The molecule has 0 spiro atoms. The van der Waals surface area contributed by atoms with Crippen molar-refractivity contribution >= 4 is 81.9 Å². The number of esters is 1. The van der Waals surface area contributed by atoms with E-state index in [4.69, 9.17) is 33.5 Å². The number of furan rings is 2. The van der Waals surface area contributed by atoms with Gasteiger partial charge >= 0.3 is 5.97 Å². The van der Waals surface area contributed by atoms with E-state index in [1.165, 1.54) is 22.8 Å². The van der Waals surface area contributed by atoms with Crippen molar-refractivity contribution in [2.24, 2.45) is 5.73 Å². The summed E-state index contributed by atoms with van der Waals surface area (Å²) in [5, 5.41) is 6.42. The van der Waals surface area contributed by atoms with E-state index < -0.39 is 67.3 Å². The van der Waals surface area contributed by atoms with Crippen LogP contribution in [0, 0.1) is 13.8 Å². The summed E-state index contributed by atoms with van der Waals surface area (Å²) in [4.78, 5) is 38.1. The number of rotatable bonds is 13. The molecule has 0 saturated heterocycles. The van der Waals surface area contributed by atoms with Gasteiger partial charge in [0.25, 0.3) is 11.8 Å². The van der Waals surface area contributed by atoms with Crippen LogP contribution in [0.3, 0.4) is 0 Å². The second kappa shape index (κ2) is 22.1. The Kier molecular flexibility index (Phi) is 16.6. The fraction of sp³-hybridized carbons (Fsp3) is 0.392. The zero-order chi connectivity index (χ0) is 53.3. The highest BCUT2D eigenvalue weighted by Gasteiger charge is 2.36. The highest BCUT2D eigenvalue weighted by atomic mass is 32.2. The highest BCUT2D eigenvalue weighted by molar-refractivity contribution is 7.92. The van der Waals surface area contributed by atoms with Gasteiger partial charge < -0.3 is 44.1 Å². The Balaban J connectivity index is 0.000000216. The molecular weight excluding hydrogens is 1000 g/mol. The van der Waals surface area contributed by atoms with Gasteiger partial charge in [-0.25, -0.2) is 16.8 Å². The molecule has 73 heavy (non-hydrogen) atoms. The summed E-state index contributed by atoms with van der Waals surface area (Å²) < 4.78 is 101. The second-order valence-corrected chi connectivity index (χ2v) is 23.4. The molecule has 0 radical (unpaired) electrons. The van der Waals surface area contributed by atoms with Crippen molar-refractivity contribution in [3.8, 4) is 22.6 Å². The Morgan fingerprint density at radius 2 is 1.14 bits per heavy atom. The summed E-state index contributed by atoms with van der Waals surface area (Å²) >= 11 is 0. The van der Waals surface area contributed by atoms with Gasteiger partial charge in [-0.3, -0.25) is 27.2 Å². The van der Waals surface area contributed by atoms with Crippen LogP contribution in [0.15, 0.2) is 81.6 Å². The molecular formula is C51H61N5O14S3. The maximum atomic E-state index is 13.0. The van der Waals surface area contributed by atoms with Crippen LogP contribution in [0.4, 0.5) is 11.4 Å². The van der Waals surface area contributed by atoms with Crippen molar-refractivity contribution in [2.75, 3.05) is 80.6 Å². The number of nitrogens with zero attached hydrogens (tertiary/aromatic N) is 2. The van der Waals surface area contributed by atoms with Crippen molar-refractivity contribution < 1.29 is 63.2 Å². The van der Waals surface area contributed by atoms with E-state index in [2.05, 4.69) is 10.6 Å². The van der Waals surface area contributed by atoms with Gasteiger partial charge in [-0.1, -0.05) is 59.7 Å². The zero-order valence-electron chi connectivity index (χ0n) is 42.3. The first kappa shape index (κ1) is 54.6. The number of aryl methyl sites for hydroxylation is 2. The van der Waals surface area contributed by atoms with Gasteiger partial charge in [-0.05, 0) is 39.8 Å². The van der Waals surface area contributed by atoms with Crippen LogP contribution >= 0.6 is 0 Å². The summed E-state index contributed by atoms with van der Waals surface area (Å²) in [6, 6.07) is 21.0. The molecule has 0 saturated carbocycles. The molecule has 4 heterocycles. The summed E-state index contributed by atoms with van der Waals surface area (Å²) in [5.74, 6) is -0.340. The summed E-state index contributed by atoms with van der Waals surface area (Å²) in [6.07, 6.45) is 1.35. The molecule has 0 fully saturated rings. The molecule has 2 aliphatic rings. The SMILES string of the molecule is CNC(=O)c1c(-c2ccc(C)cc2)oc2cc3c(cc12)[C@H](C)O[C@H](COC(=O)[C@@H](N)COC)CN3S(C)(=O)=O.CNC(=O)c1c(-c2ccc(C)cc2)oc2cc3c(cc12)[C@H](C)O[C@H](CS(C)=O)CN3S(C)(=O)=O. The van der Waals surface area contributed by atoms with Crippen molar-refractivity contribution in [3.05, 3.63) is 106 Å². The number of methoxy groups -OCH3 is 1. The van der Waals surface area contributed by atoms with E-state index in [-0.39, 0.29) is 43.9 Å². The Hall–Kier alpha value is -6.14. The quantitative estimate of drug-likeness (QED) is 0.114. The first-order valence-corrected chi connectivity index (χ1v) is 28.6. The number of ether oxygens (including phenoxy) is 4. The number of sulfonamides is 2. The molecule has 1 unspecified atom stereocenters. The van der Waals surface area contributed by atoms with Crippen molar-refractivity contribution in [3.63, 3.8) is 0 Å². The van der Waals surface area contributed by atoms with E-state index in [1.807, 2.05) is 69.3 Å². The minimum absolute atomic E-state index is 0.0149. The zero-order valence-corrected chi connectivity index (χ0v) is 44.7. The first-order chi connectivity index (χ1) is 34.4. The normalized spacial score (nSPS) is 18.9. The monoisotopic (exact) mass is 1060 g/mol. The molecule has 0 aliphatic carbocycles. The third kappa shape index (κ3) is 12.0. The number of fused-ring (bicyclic) bond motifs is 4. The first-order valence-electron chi connectivity index (χ1n) is 23.2. The predicted molar refractivity (Wildman–Crippen MR) is 280 cm³/mol. The van der Waals surface area contributed by atoms with Crippen molar-refractivity contribution in [1.29, 1.82) is 0 Å². The van der Waals surface area contributed by atoms with Crippen molar-refractivity contribution in [1.82, 2.24) is 10.6 Å². The van der Waals surface area contributed by atoms with E-state index >= 15 is 0 Å². The molecule has 4 N–H and O–H groups in total. The molecule has 0 bridgehead atoms. The van der Waals surface area contributed by atoms with Crippen LogP contribution in [-0.2, 0) is 54.6 Å². The minimum Gasteiger partial charge on any atom is -0.462 e. The number of anilines is 2. The maximum absolute atomic E-state index is 13.0.